The summed E-state index contributed by atoms with van der Waals surface area (Å²) in [6.07, 6.45) is 5.88. The third kappa shape index (κ3) is 4.20. The molecule has 1 aliphatic carbocycles. The number of amides is 1. The van der Waals surface area contributed by atoms with E-state index in [-0.39, 0.29) is 17.9 Å². The van der Waals surface area contributed by atoms with Crippen molar-refractivity contribution in [3.63, 3.8) is 0 Å². The van der Waals surface area contributed by atoms with Gasteiger partial charge in [0.2, 0.25) is 5.91 Å². The van der Waals surface area contributed by atoms with Crippen LogP contribution in [-0.2, 0) is 9.59 Å². The van der Waals surface area contributed by atoms with E-state index in [0.29, 0.717) is 12.8 Å². The summed E-state index contributed by atoms with van der Waals surface area (Å²) in [5.41, 5.74) is 4.86. The molecule has 19 heavy (non-hydrogen) atoms. The highest BCUT2D eigenvalue weighted by Gasteiger charge is 2.37. The van der Waals surface area contributed by atoms with Crippen LogP contribution < -0.4 is 11.1 Å². The van der Waals surface area contributed by atoms with Gasteiger partial charge in [0.15, 0.2) is 0 Å². The zero-order valence-corrected chi connectivity index (χ0v) is 11.9. The van der Waals surface area contributed by atoms with E-state index in [1.807, 2.05) is 6.92 Å². The summed E-state index contributed by atoms with van der Waals surface area (Å²) in [4.78, 5) is 23.6. The number of carboxylic acid groups (broad SMARTS) is 1. The molecular weight excluding hydrogens is 244 g/mol. The van der Waals surface area contributed by atoms with Crippen LogP contribution in [0.25, 0.3) is 0 Å². The minimum atomic E-state index is -1.18. The monoisotopic (exact) mass is 270 g/mol. The van der Waals surface area contributed by atoms with Crippen molar-refractivity contribution in [3.8, 4) is 0 Å². The first kappa shape index (κ1) is 16.0. The van der Waals surface area contributed by atoms with Crippen LogP contribution in [0.15, 0.2) is 0 Å². The van der Waals surface area contributed by atoms with Gasteiger partial charge in [0.25, 0.3) is 0 Å². The van der Waals surface area contributed by atoms with Crippen LogP contribution in [0.3, 0.4) is 0 Å². The molecule has 1 aliphatic rings. The van der Waals surface area contributed by atoms with E-state index in [0.717, 1.165) is 32.1 Å². The SMILES string of the molecule is CCCC(C)(NC(=O)C1CCCCCC1N)C(=O)O. The highest BCUT2D eigenvalue weighted by Crippen LogP contribution is 2.24. The number of aliphatic carboxylic acids is 1. The van der Waals surface area contributed by atoms with E-state index in [2.05, 4.69) is 5.32 Å². The van der Waals surface area contributed by atoms with Gasteiger partial charge >= 0.3 is 5.97 Å². The average Bonchev–Trinajstić information content (AvgIpc) is 2.53. The van der Waals surface area contributed by atoms with Gasteiger partial charge in [0.1, 0.15) is 5.54 Å². The molecule has 3 atom stereocenters. The third-order valence-corrected chi connectivity index (χ3v) is 4.03. The highest BCUT2D eigenvalue weighted by molar-refractivity contribution is 5.88. The molecule has 0 saturated heterocycles. The predicted octanol–water partition coefficient (Wildman–Crippen LogP) is 1.65. The fourth-order valence-electron chi connectivity index (χ4n) is 2.75. The second-order valence-electron chi connectivity index (χ2n) is 5.78. The minimum absolute atomic E-state index is 0.151. The van der Waals surface area contributed by atoms with Crippen molar-refractivity contribution in [2.75, 3.05) is 0 Å². The largest absolute Gasteiger partial charge is 0.480 e. The number of rotatable bonds is 5. The maximum atomic E-state index is 12.3. The molecule has 0 aromatic rings. The second-order valence-corrected chi connectivity index (χ2v) is 5.78. The van der Waals surface area contributed by atoms with Crippen LogP contribution in [0, 0.1) is 5.92 Å². The van der Waals surface area contributed by atoms with Crippen LogP contribution in [-0.4, -0.2) is 28.6 Å². The lowest BCUT2D eigenvalue weighted by molar-refractivity contribution is -0.148. The normalized spacial score (nSPS) is 27.1. The summed E-state index contributed by atoms with van der Waals surface area (Å²) < 4.78 is 0. The van der Waals surface area contributed by atoms with Crippen molar-refractivity contribution in [2.45, 2.75) is 70.4 Å². The molecular formula is C14H26N2O3. The fraction of sp³-hybridized carbons (Fsp3) is 0.857. The molecule has 3 unspecified atom stereocenters. The molecule has 1 amide bonds. The zero-order valence-electron chi connectivity index (χ0n) is 11.9. The lowest BCUT2D eigenvalue weighted by atomic mass is 9.91. The second kappa shape index (κ2) is 6.89. The van der Waals surface area contributed by atoms with Crippen molar-refractivity contribution >= 4 is 11.9 Å². The van der Waals surface area contributed by atoms with Gasteiger partial charge in [-0.15, -0.1) is 0 Å². The molecule has 110 valence electrons. The fourth-order valence-corrected chi connectivity index (χ4v) is 2.75. The maximum absolute atomic E-state index is 12.3. The number of hydrogen-bond acceptors (Lipinski definition) is 3. The van der Waals surface area contributed by atoms with E-state index in [9.17, 15) is 14.7 Å². The minimum Gasteiger partial charge on any atom is -0.480 e. The summed E-state index contributed by atoms with van der Waals surface area (Å²) in [6.45, 7) is 3.48. The molecule has 1 fully saturated rings. The Morgan fingerprint density at radius 3 is 2.53 bits per heavy atom. The Labute approximate surface area is 114 Å². The molecule has 1 saturated carbocycles. The van der Waals surface area contributed by atoms with Crippen molar-refractivity contribution in [2.24, 2.45) is 11.7 Å². The Balaban J connectivity index is 2.72. The van der Waals surface area contributed by atoms with E-state index in [1.165, 1.54) is 0 Å². The number of carbonyl (C=O) groups excluding carboxylic acids is 1. The Hall–Kier alpha value is -1.10. The van der Waals surface area contributed by atoms with Gasteiger partial charge in [0.05, 0.1) is 5.92 Å². The lowest BCUT2D eigenvalue weighted by Gasteiger charge is -2.29. The number of hydrogen-bond donors (Lipinski definition) is 3. The predicted molar refractivity (Wildman–Crippen MR) is 73.6 cm³/mol. The summed E-state index contributed by atoms with van der Waals surface area (Å²) >= 11 is 0. The van der Waals surface area contributed by atoms with Gasteiger partial charge in [-0.1, -0.05) is 32.6 Å². The Bertz CT molecular complexity index is 333. The maximum Gasteiger partial charge on any atom is 0.329 e. The molecule has 0 bridgehead atoms. The Kier molecular flexibility index (Phi) is 5.79. The molecule has 0 aromatic heterocycles. The molecule has 0 spiro atoms. The van der Waals surface area contributed by atoms with Crippen LogP contribution in [0.2, 0.25) is 0 Å². The summed E-state index contributed by atoms with van der Waals surface area (Å²) in [5, 5.41) is 12.0. The quantitative estimate of drug-likeness (QED) is 0.662. The third-order valence-electron chi connectivity index (χ3n) is 4.03. The van der Waals surface area contributed by atoms with Crippen molar-refractivity contribution < 1.29 is 14.7 Å². The van der Waals surface area contributed by atoms with Gasteiger partial charge in [-0.05, 0) is 26.2 Å². The van der Waals surface area contributed by atoms with Crippen molar-refractivity contribution in [3.05, 3.63) is 0 Å². The molecule has 4 N–H and O–H groups in total. The van der Waals surface area contributed by atoms with Gasteiger partial charge < -0.3 is 16.2 Å². The zero-order chi connectivity index (χ0) is 14.5. The summed E-state index contributed by atoms with van der Waals surface area (Å²) in [6, 6.07) is -0.151. The van der Waals surface area contributed by atoms with Crippen molar-refractivity contribution in [1.29, 1.82) is 0 Å². The summed E-state index contributed by atoms with van der Waals surface area (Å²) in [7, 11) is 0. The van der Waals surface area contributed by atoms with Gasteiger partial charge in [-0.25, -0.2) is 4.79 Å². The lowest BCUT2D eigenvalue weighted by Crippen LogP contribution is -2.55. The van der Waals surface area contributed by atoms with Gasteiger partial charge in [0, 0.05) is 6.04 Å². The van der Waals surface area contributed by atoms with E-state index < -0.39 is 11.5 Å². The highest BCUT2D eigenvalue weighted by atomic mass is 16.4. The Morgan fingerprint density at radius 1 is 1.32 bits per heavy atom. The summed E-state index contributed by atoms with van der Waals surface area (Å²) in [5.74, 6) is -1.43. The number of carboxylic acids is 1. The van der Waals surface area contributed by atoms with E-state index >= 15 is 0 Å². The number of carbonyl (C=O) groups is 2. The molecule has 1 rings (SSSR count). The first-order valence-electron chi connectivity index (χ1n) is 7.21. The van der Waals surface area contributed by atoms with Gasteiger partial charge in [-0.3, -0.25) is 4.79 Å². The van der Waals surface area contributed by atoms with E-state index in [4.69, 9.17) is 5.73 Å². The number of nitrogens with one attached hydrogen (secondary N) is 1. The molecule has 5 heteroatoms. The first-order valence-corrected chi connectivity index (χ1v) is 7.21. The molecule has 0 aliphatic heterocycles. The Morgan fingerprint density at radius 2 is 1.95 bits per heavy atom. The molecule has 0 aromatic carbocycles. The molecule has 0 radical (unpaired) electrons. The van der Waals surface area contributed by atoms with Gasteiger partial charge in [-0.2, -0.15) is 0 Å². The molecule has 5 nitrogen and oxygen atoms in total. The topological polar surface area (TPSA) is 92.4 Å². The van der Waals surface area contributed by atoms with Crippen LogP contribution in [0.4, 0.5) is 0 Å². The van der Waals surface area contributed by atoms with E-state index in [1.54, 1.807) is 6.92 Å². The standard InChI is InChI=1S/C14H26N2O3/c1-3-9-14(2,13(18)19)16-12(17)10-7-5-4-6-8-11(10)15/h10-11H,3-9,15H2,1-2H3,(H,16,17)(H,18,19). The molecule has 0 heterocycles. The van der Waals surface area contributed by atoms with Crippen LogP contribution in [0.5, 0.6) is 0 Å². The number of nitrogens with two attached hydrogens (primary N) is 1. The first-order chi connectivity index (χ1) is 8.90. The van der Waals surface area contributed by atoms with Crippen LogP contribution in [0.1, 0.15) is 58.8 Å². The van der Waals surface area contributed by atoms with Crippen molar-refractivity contribution in [1.82, 2.24) is 5.32 Å². The van der Waals surface area contributed by atoms with Crippen LogP contribution >= 0.6 is 0 Å². The smallest absolute Gasteiger partial charge is 0.329 e. The average molecular weight is 270 g/mol.